The van der Waals surface area contributed by atoms with Gasteiger partial charge in [-0.15, -0.1) is 0 Å². The molecule has 0 saturated heterocycles. The highest BCUT2D eigenvalue weighted by atomic mass is 16.6. The first-order valence-electron chi connectivity index (χ1n) is 11.8. The van der Waals surface area contributed by atoms with Crippen LogP contribution in [-0.4, -0.2) is 50.3 Å². The van der Waals surface area contributed by atoms with E-state index in [1.807, 2.05) is 0 Å². The zero-order valence-corrected chi connectivity index (χ0v) is 21.0. The lowest BCUT2D eigenvalue weighted by Crippen LogP contribution is -2.34. The first-order valence-corrected chi connectivity index (χ1v) is 11.8. The number of carbonyl (C=O) groups excluding carboxylic acids is 1. The quantitative estimate of drug-likeness (QED) is 0.160. The number of nitrogens with zero attached hydrogens (tertiary/aromatic N) is 2. The standard InChI is InChI=1S/C24H40N2O7/c1-7-9-11-13-15-25(16-14-12-10-8-2)24(27)33-18(3)21-19(26(28)29)17-20(30-4)22(31-5)23(21)32-6/h17-18H,7-16H2,1-6H3. The van der Waals surface area contributed by atoms with E-state index in [4.69, 9.17) is 18.9 Å². The summed E-state index contributed by atoms with van der Waals surface area (Å²) in [6.45, 7) is 7.08. The Morgan fingerprint density at radius 2 is 1.48 bits per heavy atom. The van der Waals surface area contributed by atoms with E-state index in [2.05, 4.69) is 13.8 Å². The molecular weight excluding hydrogens is 428 g/mol. The van der Waals surface area contributed by atoms with Gasteiger partial charge in [-0.1, -0.05) is 52.4 Å². The minimum absolute atomic E-state index is 0.112. The van der Waals surface area contributed by atoms with E-state index in [1.165, 1.54) is 27.4 Å². The molecule has 9 heteroatoms. The third-order valence-electron chi connectivity index (χ3n) is 5.55. The number of rotatable bonds is 16. The van der Waals surface area contributed by atoms with Crippen molar-refractivity contribution in [1.82, 2.24) is 4.90 Å². The molecule has 33 heavy (non-hydrogen) atoms. The molecule has 0 N–H and O–H groups in total. The highest BCUT2D eigenvalue weighted by molar-refractivity contribution is 5.70. The second-order valence-electron chi connectivity index (χ2n) is 7.97. The fraction of sp³-hybridized carbons (Fsp3) is 0.708. The molecule has 9 nitrogen and oxygen atoms in total. The fourth-order valence-corrected chi connectivity index (χ4v) is 3.75. The van der Waals surface area contributed by atoms with Crippen LogP contribution in [-0.2, 0) is 4.74 Å². The summed E-state index contributed by atoms with van der Waals surface area (Å²) in [5.74, 6) is 0.484. The largest absolute Gasteiger partial charge is 0.492 e. The molecule has 1 amide bonds. The summed E-state index contributed by atoms with van der Waals surface area (Å²) < 4.78 is 21.7. The van der Waals surface area contributed by atoms with E-state index < -0.39 is 17.1 Å². The summed E-state index contributed by atoms with van der Waals surface area (Å²) in [4.78, 5) is 26.0. The molecule has 1 rings (SSSR count). The van der Waals surface area contributed by atoms with E-state index >= 15 is 0 Å². The maximum atomic E-state index is 13.0. The lowest BCUT2D eigenvalue weighted by atomic mass is 10.0. The maximum absolute atomic E-state index is 13.0. The van der Waals surface area contributed by atoms with Gasteiger partial charge in [-0.25, -0.2) is 4.79 Å². The molecule has 0 aliphatic rings. The van der Waals surface area contributed by atoms with Gasteiger partial charge in [-0.3, -0.25) is 10.1 Å². The van der Waals surface area contributed by atoms with Crippen LogP contribution in [0.25, 0.3) is 0 Å². The Hall–Kier alpha value is -2.71. The van der Waals surface area contributed by atoms with Crippen molar-refractivity contribution in [1.29, 1.82) is 0 Å². The fourth-order valence-electron chi connectivity index (χ4n) is 3.75. The molecule has 0 spiro atoms. The number of methoxy groups -OCH3 is 3. The number of unbranched alkanes of at least 4 members (excludes halogenated alkanes) is 6. The second-order valence-corrected chi connectivity index (χ2v) is 7.97. The SMILES string of the molecule is CCCCCCN(CCCCCC)C(=O)OC(C)c1c([N+](=O)[O-])cc(OC)c(OC)c1OC. The average molecular weight is 469 g/mol. The highest BCUT2D eigenvalue weighted by Crippen LogP contribution is 2.48. The van der Waals surface area contributed by atoms with Gasteiger partial charge in [0.2, 0.25) is 5.75 Å². The summed E-state index contributed by atoms with van der Waals surface area (Å²) in [5.41, 5.74) is -0.132. The summed E-state index contributed by atoms with van der Waals surface area (Å²) in [5, 5.41) is 11.8. The number of nitro benzene ring substituents is 1. The molecule has 0 bridgehead atoms. The van der Waals surface area contributed by atoms with Crippen molar-refractivity contribution < 1.29 is 28.7 Å². The summed E-state index contributed by atoms with van der Waals surface area (Å²) in [7, 11) is 4.19. The van der Waals surface area contributed by atoms with E-state index in [9.17, 15) is 14.9 Å². The number of nitro groups is 1. The van der Waals surface area contributed by atoms with Crippen molar-refractivity contribution in [3.8, 4) is 17.2 Å². The van der Waals surface area contributed by atoms with Crippen molar-refractivity contribution in [3.05, 3.63) is 21.7 Å². The Labute approximate surface area is 197 Å². The van der Waals surface area contributed by atoms with Gasteiger partial charge in [-0.2, -0.15) is 0 Å². The number of amides is 1. The van der Waals surface area contributed by atoms with Gasteiger partial charge in [-0.05, 0) is 19.8 Å². The van der Waals surface area contributed by atoms with Crippen molar-refractivity contribution in [2.45, 2.75) is 78.2 Å². The molecule has 1 aromatic carbocycles. The lowest BCUT2D eigenvalue weighted by Gasteiger charge is -2.25. The van der Waals surface area contributed by atoms with Crippen LogP contribution in [0, 0.1) is 10.1 Å². The Morgan fingerprint density at radius 3 is 1.91 bits per heavy atom. The van der Waals surface area contributed by atoms with E-state index in [-0.39, 0.29) is 28.5 Å². The molecule has 0 heterocycles. The van der Waals surface area contributed by atoms with Crippen LogP contribution in [0.4, 0.5) is 10.5 Å². The van der Waals surface area contributed by atoms with Crippen LogP contribution in [0.1, 0.15) is 83.8 Å². The normalized spacial score (nSPS) is 11.6. The van der Waals surface area contributed by atoms with E-state index in [0.29, 0.717) is 13.1 Å². The number of benzene rings is 1. The van der Waals surface area contributed by atoms with E-state index in [0.717, 1.165) is 51.4 Å². The molecule has 0 fully saturated rings. The van der Waals surface area contributed by atoms with Crippen LogP contribution in [0.5, 0.6) is 17.2 Å². The van der Waals surface area contributed by atoms with Crippen molar-refractivity contribution in [2.75, 3.05) is 34.4 Å². The zero-order valence-electron chi connectivity index (χ0n) is 21.0. The summed E-state index contributed by atoms with van der Waals surface area (Å²) in [6.07, 6.45) is 6.91. The van der Waals surface area contributed by atoms with Gasteiger partial charge in [0.05, 0.1) is 32.3 Å². The van der Waals surface area contributed by atoms with Gasteiger partial charge in [0, 0.05) is 13.1 Å². The van der Waals surface area contributed by atoms with Crippen LogP contribution in [0.15, 0.2) is 6.07 Å². The Morgan fingerprint density at radius 1 is 0.939 bits per heavy atom. The summed E-state index contributed by atoms with van der Waals surface area (Å²) >= 11 is 0. The Kier molecular flexibility index (Phi) is 13.0. The number of hydrogen-bond acceptors (Lipinski definition) is 7. The van der Waals surface area contributed by atoms with Gasteiger partial charge >= 0.3 is 6.09 Å². The molecule has 1 aromatic rings. The van der Waals surface area contributed by atoms with Crippen LogP contribution >= 0.6 is 0 Å². The van der Waals surface area contributed by atoms with Gasteiger partial charge < -0.3 is 23.8 Å². The van der Waals surface area contributed by atoms with Gasteiger partial charge in [0.1, 0.15) is 11.7 Å². The predicted molar refractivity (Wildman–Crippen MR) is 128 cm³/mol. The average Bonchev–Trinajstić information content (AvgIpc) is 2.80. The number of hydrogen-bond donors (Lipinski definition) is 0. The number of ether oxygens (including phenoxy) is 4. The molecule has 188 valence electrons. The monoisotopic (exact) mass is 468 g/mol. The van der Waals surface area contributed by atoms with Crippen LogP contribution in [0.2, 0.25) is 0 Å². The molecule has 0 aliphatic carbocycles. The molecule has 1 atom stereocenters. The smallest absolute Gasteiger partial charge is 0.410 e. The van der Waals surface area contributed by atoms with E-state index in [1.54, 1.807) is 11.8 Å². The Bertz CT molecular complexity index is 743. The minimum Gasteiger partial charge on any atom is -0.492 e. The summed E-state index contributed by atoms with van der Waals surface area (Å²) in [6, 6.07) is 1.26. The lowest BCUT2D eigenvalue weighted by molar-refractivity contribution is -0.386. The van der Waals surface area contributed by atoms with Gasteiger partial charge in [0.15, 0.2) is 11.5 Å². The van der Waals surface area contributed by atoms with Crippen LogP contribution in [0.3, 0.4) is 0 Å². The topological polar surface area (TPSA) is 100 Å². The maximum Gasteiger partial charge on any atom is 0.410 e. The van der Waals surface area contributed by atoms with Crippen molar-refractivity contribution in [2.24, 2.45) is 0 Å². The second kappa shape index (κ2) is 15.2. The molecule has 0 aromatic heterocycles. The van der Waals surface area contributed by atoms with Gasteiger partial charge in [0.25, 0.3) is 5.69 Å². The first-order chi connectivity index (χ1) is 15.9. The highest BCUT2D eigenvalue weighted by Gasteiger charge is 2.33. The third-order valence-corrected chi connectivity index (χ3v) is 5.55. The first kappa shape index (κ1) is 28.3. The molecular formula is C24H40N2O7. The number of carbonyl (C=O) groups is 1. The molecule has 0 saturated carbocycles. The van der Waals surface area contributed by atoms with Crippen molar-refractivity contribution >= 4 is 11.8 Å². The molecule has 0 radical (unpaired) electrons. The predicted octanol–water partition coefficient (Wildman–Crippen LogP) is 6.28. The van der Waals surface area contributed by atoms with Crippen molar-refractivity contribution in [3.63, 3.8) is 0 Å². The minimum atomic E-state index is -0.929. The Balaban J connectivity index is 3.15. The molecule has 0 aliphatic heterocycles. The third kappa shape index (κ3) is 8.29. The zero-order chi connectivity index (χ0) is 24.8. The van der Waals surface area contributed by atoms with Crippen LogP contribution < -0.4 is 14.2 Å². The molecule has 1 unspecified atom stereocenters.